The van der Waals surface area contributed by atoms with E-state index in [1.165, 1.54) is 55.5 Å². The van der Waals surface area contributed by atoms with Gasteiger partial charge in [0.15, 0.2) is 17.6 Å². The van der Waals surface area contributed by atoms with E-state index in [0.717, 1.165) is 11.8 Å². The summed E-state index contributed by atoms with van der Waals surface area (Å²) in [7, 11) is 0. The topological polar surface area (TPSA) is 172 Å². The molecule has 0 bridgehead atoms. The highest BCUT2D eigenvalue weighted by atomic mass is 19.1. The van der Waals surface area contributed by atoms with Crippen LogP contribution in [0.2, 0.25) is 0 Å². The molecular weight excluding hydrogens is 537 g/mol. The van der Waals surface area contributed by atoms with Gasteiger partial charge >= 0.3 is 5.97 Å². The normalized spacial score (nSPS) is 12.3. The number of benzene rings is 3. The third-order valence-corrected chi connectivity index (χ3v) is 5.95. The van der Waals surface area contributed by atoms with Crippen LogP contribution in [-0.2, 0) is 20.8 Å². The number of carbonyl (C=O) groups excluding carboxylic acids is 3. The number of hydrogen-bond donors (Lipinski definition) is 4. The molecule has 4 rings (SSSR count). The van der Waals surface area contributed by atoms with E-state index >= 15 is 0 Å². The number of carbonyl (C=O) groups is 3. The molecule has 0 saturated carbocycles. The number of phenolic OH excluding ortho intramolecular Hbond substituents is 1. The van der Waals surface area contributed by atoms with Crippen LogP contribution >= 0.6 is 0 Å². The van der Waals surface area contributed by atoms with Crippen LogP contribution in [0.1, 0.15) is 12.5 Å². The van der Waals surface area contributed by atoms with Crippen molar-refractivity contribution in [1.29, 1.82) is 0 Å². The van der Waals surface area contributed by atoms with Crippen molar-refractivity contribution >= 4 is 28.8 Å². The SMILES string of the molecule is CC(NC(=O)C([NH3+])Cc1ccc(O)cc1)C(=O)NCC(=O)Oc1ccc2c(=O)c(Oc3ccccc3F)coc2c1. The highest BCUT2D eigenvalue weighted by molar-refractivity contribution is 5.91. The third kappa shape index (κ3) is 7.46. The van der Waals surface area contributed by atoms with E-state index in [-0.39, 0.29) is 34.0 Å². The molecule has 4 aromatic rings. The molecule has 0 aliphatic rings. The first-order valence-corrected chi connectivity index (χ1v) is 12.5. The Morgan fingerprint density at radius 3 is 2.49 bits per heavy atom. The largest absolute Gasteiger partial charge is 0.508 e. The summed E-state index contributed by atoms with van der Waals surface area (Å²) in [5.74, 6) is -2.71. The summed E-state index contributed by atoms with van der Waals surface area (Å²) < 4.78 is 29.8. The third-order valence-electron chi connectivity index (χ3n) is 5.95. The molecule has 0 fully saturated rings. The first kappa shape index (κ1) is 28.8. The van der Waals surface area contributed by atoms with Crippen molar-refractivity contribution in [3.05, 3.63) is 94.6 Å². The maximum Gasteiger partial charge on any atom is 0.330 e. The van der Waals surface area contributed by atoms with Crippen molar-refractivity contribution in [2.24, 2.45) is 0 Å². The van der Waals surface area contributed by atoms with Crippen LogP contribution in [-0.4, -0.2) is 41.5 Å². The Labute approximate surface area is 232 Å². The molecule has 3 aromatic carbocycles. The molecule has 212 valence electrons. The fraction of sp³-hybridized carbons (Fsp3) is 0.172. The quantitative estimate of drug-likeness (QED) is 0.167. The number of aromatic hydroxyl groups is 1. The molecule has 6 N–H and O–H groups in total. The number of quaternary nitrogens is 1. The zero-order valence-corrected chi connectivity index (χ0v) is 21.9. The number of rotatable bonds is 10. The molecule has 1 heterocycles. The second kappa shape index (κ2) is 12.7. The molecule has 11 nitrogen and oxygen atoms in total. The fourth-order valence-corrected chi connectivity index (χ4v) is 3.76. The van der Waals surface area contributed by atoms with E-state index in [1.54, 1.807) is 18.2 Å². The predicted octanol–water partition coefficient (Wildman–Crippen LogP) is 1.81. The van der Waals surface area contributed by atoms with Crippen LogP contribution in [0.4, 0.5) is 4.39 Å². The summed E-state index contributed by atoms with van der Waals surface area (Å²) in [4.78, 5) is 49.8. The number of esters is 1. The number of amides is 2. The molecular formula is C29H27FN3O8+. The molecule has 2 atom stereocenters. The Bertz CT molecular complexity index is 1640. The summed E-state index contributed by atoms with van der Waals surface area (Å²) in [5.41, 5.74) is 4.15. The van der Waals surface area contributed by atoms with E-state index in [4.69, 9.17) is 13.9 Å². The van der Waals surface area contributed by atoms with E-state index in [1.807, 2.05) is 0 Å². The smallest absolute Gasteiger partial charge is 0.330 e. The zero-order chi connectivity index (χ0) is 29.5. The lowest BCUT2D eigenvalue weighted by atomic mass is 10.1. The predicted molar refractivity (Wildman–Crippen MR) is 144 cm³/mol. The summed E-state index contributed by atoms with van der Waals surface area (Å²) in [6, 6.07) is 14.4. The van der Waals surface area contributed by atoms with Crippen LogP contribution in [0.5, 0.6) is 23.0 Å². The second-order valence-corrected chi connectivity index (χ2v) is 9.11. The van der Waals surface area contributed by atoms with Crippen molar-refractivity contribution in [3.63, 3.8) is 0 Å². The van der Waals surface area contributed by atoms with Crippen LogP contribution in [0.3, 0.4) is 0 Å². The van der Waals surface area contributed by atoms with Gasteiger partial charge in [-0.25, -0.2) is 9.18 Å². The van der Waals surface area contributed by atoms with Crippen LogP contribution in [0.15, 0.2) is 82.2 Å². The Hall–Kier alpha value is -5.23. The van der Waals surface area contributed by atoms with Crippen LogP contribution < -0.4 is 31.3 Å². The number of nitrogens with one attached hydrogen (secondary N) is 2. The number of hydrogen-bond acceptors (Lipinski definition) is 8. The number of para-hydroxylation sites is 1. The van der Waals surface area contributed by atoms with E-state index in [0.29, 0.717) is 6.42 Å². The first-order valence-electron chi connectivity index (χ1n) is 12.5. The Balaban J connectivity index is 1.28. The van der Waals surface area contributed by atoms with Gasteiger partial charge in [0, 0.05) is 12.5 Å². The first-order chi connectivity index (χ1) is 19.6. The monoisotopic (exact) mass is 564 g/mol. The molecule has 1 aromatic heterocycles. The summed E-state index contributed by atoms with van der Waals surface area (Å²) >= 11 is 0. The van der Waals surface area contributed by atoms with Gasteiger partial charge in [-0.15, -0.1) is 0 Å². The average molecular weight is 565 g/mol. The lowest BCUT2D eigenvalue weighted by Crippen LogP contribution is -2.69. The standard InChI is InChI=1S/C29H26FN3O8/c1-16(33-29(38)22(31)12-17-6-8-18(34)9-7-17)28(37)32-14-26(35)40-19-10-11-20-24(13-19)39-15-25(27(20)36)41-23-5-3-2-4-21(23)30/h2-11,13,15-16,22,34H,12,14,31H2,1H3,(H,32,37)(H,33,38)/p+1. The second-order valence-electron chi connectivity index (χ2n) is 9.11. The maximum atomic E-state index is 13.9. The zero-order valence-electron chi connectivity index (χ0n) is 21.9. The van der Waals surface area contributed by atoms with Crippen molar-refractivity contribution in [3.8, 4) is 23.0 Å². The van der Waals surface area contributed by atoms with Gasteiger partial charge < -0.3 is 35.4 Å². The van der Waals surface area contributed by atoms with Gasteiger partial charge in [0.1, 0.15) is 35.9 Å². The van der Waals surface area contributed by atoms with E-state index in [9.17, 15) is 28.7 Å². The van der Waals surface area contributed by atoms with Crippen molar-refractivity contribution in [2.45, 2.75) is 25.4 Å². The van der Waals surface area contributed by atoms with Crippen molar-refractivity contribution < 1.29 is 43.5 Å². The van der Waals surface area contributed by atoms with Gasteiger partial charge in [-0.3, -0.25) is 14.4 Å². The minimum atomic E-state index is -0.949. The average Bonchev–Trinajstić information content (AvgIpc) is 2.95. The van der Waals surface area contributed by atoms with Gasteiger partial charge in [0.2, 0.25) is 17.1 Å². The van der Waals surface area contributed by atoms with Gasteiger partial charge in [0.05, 0.1) is 5.39 Å². The van der Waals surface area contributed by atoms with Crippen LogP contribution in [0, 0.1) is 5.82 Å². The van der Waals surface area contributed by atoms with Crippen molar-refractivity contribution in [2.75, 3.05) is 6.54 Å². The lowest BCUT2D eigenvalue weighted by molar-refractivity contribution is -0.403. The molecule has 41 heavy (non-hydrogen) atoms. The van der Waals surface area contributed by atoms with Gasteiger partial charge in [0.25, 0.3) is 5.91 Å². The number of halogens is 1. The molecule has 2 amide bonds. The minimum Gasteiger partial charge on any atom is -0.508 e. The Morgan fingerprint density at radius 2 is 1.76 bits per heavy atom. The van der Waals surface area contributed by atoms with E-state index in [2.05, 4.69) is 16.4 Å². The number of phenols is 1. The molecule has 0 saturated heterocycles. The molecule has 0 radical (unpaired) electrons. The molecule has 0 aliphatic carbocycles. The summed E-state index contributed by atoms with van der Waals surface area (Å²) in [6.07, 6.45) is 1.33. The number of ether oxygens (including phenoxy) is 2. The highest BCUT2D eigenvalue weighted by Crippen LogP contribution is 2.25. The van der Waals surface area contributed by atoms with Gasteiger partial charge in [-0.1, -0.05) is 24.3 Å². The highest BCUT2D eigenvalue weighted by Gasteiger charge is 2.23. The Kier molecular flexibility index (Phi) is 8.95. The summed E-state index contributed by atoms with van der Waals surface area (Å²) in [5, 5.41) is 14.4. The van der Waals surface area contributed by atoms with E-state index < -0.39 is 47.7 Å². The number of fused-ring (bicyclic) bond motifs is 1. The lowest BCUT2D eigenvalue weighted by Gasteiger charge is -2.16. The Morgan fingerprint density at radius 1 is 1.02 bits per heavy atom. The maximum absolute atomic E-state index is 13.9. The molecule has 2 unspecified atom stereocenters. The molecule has 0 spiro atoms. The van der Waals surface area contributed by atoms with Crippen molar-refractivity contribution in [1.82, 2.24) is 10.6 Å². The van der Waals surface area contributed by atoms with Gasteiger partial charge in [-0.05, 0) is 48.9 Å². The van der Waals surface area contributed by atoms with Crippen LogP contribution in [0.25, 0.3) is 11.0 Å². The molecule has 12 heteroatoms. The summed E-state index contributed by atoms with van der Waals surface area (Å²) in [6.45, 7) is 0.971. The molecule has 0 aliphatic heterocycles. The van der Waals surface area contributed by atoms with Gasteiger partial charge in [-0.2, -0.15) is 0 Å². The minimum absolute atomic E-state index is 0.0538. The fourth-order valence-electron chi connectivity index (χ4n) is 3.76.